The lowest BCUT2D eigenvalue weighted by atomic mass is 10.5. The third-order valence-electron chi connectivity index (χ3n) is 2.38. The van der Waals surface area contributed by atoms with Crippen molar-refractivity contribution in [1.29, 1.82) is 0 Å². The van der Waals surface area contributed by atoms with Gasteiger partial charge in [0, 0.05) is 24.3 Å². The highest BCUT2D eigenvalue weighted by atomic mass is 33.1. The van der Waals surface area contributed by atoms with Crippen LogP contribution in [0.2, 0.25) is 0 Å². The summed E-state index contributed by atoms with van der Waals surface area (Å²) in [6.45, 7) is 0. The van der Waals surface area contributed by atoms with Gasteiger partial charge in [-0.15, -0.1) is 0 Å². The van der Waals surface area contributed by atoms with Crippen LogP contribution < -0.4 is 9.13 Å². The fraction of sp³-hybridized carbons (Fsp3) is 0.286. The summed E-state index contributed by atoms with van der Waals surface area (Å²) < 4.78 is 4.41. The zero-order valence-electron chi connectivity index (χ0n) is 11.1. The Bertz CT molecular complexity index is 422. The highest BCUT2D eigenvalue weighted by Gasteiger charge is 2.00. The molecule has 0 bridgehead atoms. The Hall–Kier alpha value is -0.300. The molecule has 0 aliphatic carbocycles. The monoisotopic (exact) mass is 342 g/mol. The van der Waals surface area contributed by atoms with Gasteiger partial charge >= 0.3 is 0 Å². The minimum absolute atomic E-state index is 1.03. The van der Waals surface area contributed by atoms with Gasteiger partial charge < -0.3 is 0 Å². The van der Waals surface area contributed by atoms with Crippen molar-refractivity contribution in [3.8, 4) is 0 Å². The maximum absolute atomic E-state index is 2.21. The summed E-state index contributed by atoms with van der Waals surface area (Å²) in [4.78, 5) is 0. The predicted octanol–water partition coefficient (Wildman–Crippen LogP) is 3.64. The van der Waals surface area contributed by atoms with E-state index in [1.54, 1.807) is 0 Å². The Morgan fingerprint density at radius 1 is 0.550 bits per heavy atom. The molecule has 0 aliphatic heterocycles. The number of nitrogens with zero attached hydrogens (tertiary/aromatic N) is 2. The summed E-state index contributed by atoms with van der Waals surface area (Å²) in [5.41, 5.74) is 0. The van der Waals surface area contributed by atoms with Gasteiger partial charge in [0.25, 0.3) is 0 Å². The molecule has 2 rings (SSSR count). The minimum Gasteiger partial charge on any atom is -0.195 e. The van der Waals surface area contributed by atoms with Crippen LogP contribution in [0.4, 0.5) is 0 Å². The fourth-order valence-electron chi connectivity index (χ4n) is 1.46. The van der Waals surface area contributed by atoms with Crippen molar-refractivity contribution in [1.82, 2.24) is 0 Å². The van der Waals surface area contributed by atoms with E-state index in [1.807, 2.05) is 57.2 Å². The van der Waals surface area contributed by atoms with Crippen LogP contribution in [0.1, 0.15) is 0 Å². The van der Waals surface area contributed by atoms with Crippen LogP contribution in [0, 0.1) is 0 Å². The molecule has 2 aromatic heterocycles. The van der Waals surface area contributed by atoms with Gasteiger partial charge in [0.2, 0.25) is 0 Å². The van der Waals surface area contributed by atoms with E-state index in [2.05, 4.69) is 58.2 Å². The first kappa shape index (κ1) is 16.1. The molecule has 2 nitrogen and oxygen atoms in total. The Kier molecular flexibility index (Phi) is 8.38. The minimum atomic E-state index is 1.03. The third kappa shape index (κ3) is 6.92. The van der Waals surface area contributed by atoms with Crippen molar-refractivity contribution < 1.29 is 9.13 Å². The lowest BCUT2D eigenvalue weighted by Crippen LogP contribution is -2.30. The van der Waals surface area contributed by atoms with Crippen molar-refractivity contribution in [3.63, 3.8) is 0 Å². The first-order chi connectivity index (χ1) is 9.95. The SMILES string of the molecule is c1cc[n+](CSCSSCSC[n+]2ccccc2)cc1. The maximum Gasteiger partial charge on any atom is 0.195 e. The zero-order valence-corrected chi connectivity index (χ0v) is 14.4. The molecule has 0 saturated carbocycles. The van der Waals surface area contributed by atoms with Crippen molar-refractivity contribution in [2.24, 2.45) is 0 Å². The van der Waals surface area contributed by atoms with Crippen molar-refractivity contribution in [2.75, 3.05) is 10.2 Å². The Morgan fingerprint density at radius 2 is 0.950 bits per heavy atom. The summed E-state index contributed by atoms with van der Waals surface area (Å²) in [6, 6.07) is 12.4. The van der Waals surface area contributed by atoms with Crippen LogP contribution in [0.25, 0.3) is 0 Å². The van der Waals surface area contributed by atoms with Crippen LogP contribution >= 0.6 is 45.1 Å². The first-order valence-corrected chi connectivity index (χ1v) is 11.0. The molecule has 2 aromatic rings. The normalized spacial score (nSPS) is 10.6. The topological polar surface area (TPSA) is 7.76 Å². The number of rotatable bonds is 9. The van der Waals surface area contributed by atoms with Gasteiger partial charge in [-0.1, -0.05) is 57.2 Å². The summed E-state index contributed by atoms with van der Waals surface area (Å²) in [5.74, 6) is 2.06. The second kappa shape index (κ2) is 10.4. The molecule has 2 heterocycles. The highest BCUT2D eigenvalue weighted by molar-refractivity contribution is 8.79. The summed E-state index contributed by atoms with van der Waals surface area (Å²) >= 11 is 3.90. The Morgan fingerprint density at radius 3 is 1.35 bits per heavy atom. The molecule has 0 fully saturated rings. The van der Waals surface area contributed by atoms with Gasteiger partial charge in [-0.25, -0.2) is 0 Å². The van der Waals surface area contributed by atoms with Gasteiger partial charge in [-0.3, -0.25) is 0 Å². The van der Waals surface area contributed by atoms with E-state index >= 15 is 0 Å². The van der Waals surface area contributed by atoms with Crippen LogP contribution in [0.5, 0.6) is 0 Å². The molecule has 0 aromatic carbocycles. The largest absolute Gasteiger partial charge is 0.195 e. The molecule has 0 radical (unpaired) electrons. The molecule has 0 spiro atoms. The molecule has 0 N–H and O–H groups in total. The van der Waals surface area contributed by atoms with E-state index in [0.29, 0.717) is 0 Å². The van der Waals surface area contributed by atoms with Crippen LogP contribution in [-0.4, -0.2) is 10.2 Å². The van der Waals surface area contributed by atoms with Crippen LogP contribution in [-0.2, 0) is 11.8 Å². The summed E-state index contributed by atoms with van der Waals surface area (Å²) in [6.07, 6.45) is 8.44. The summed E-state index contributed by atoms with van der Waals surface area (Å²) in [7, 11) is 3.89. The standard InChI is InChI=1S/C14H18N2S4/c1-3-7-15(8-4-1)11-17-13-19-20-14-18-12-16-9-5-2-6-10-16/h1-10H,11-14H2/q+2. The molecule has 0 amide bonds. The van der Waals surface area contributed by atoms with E-state index in [1.165, 1.54) is 0 Å². The van der Waals surface area contributed by atoms with Crippen molar-refractivity contribution in [2.45, 2.75) is 11.8 Å². The van der Waals surface area contributed by atoms with Gasteiger partial charge in [0.15, 0.2) is 36.5 Å². The smallest absolute Gasteiger partial charge is 0.195 e. The molecular formula is C14H18N2S4+2. The molecule has 106 valence electrons. The molecule has 20 heavy (non-hydrogen) atoms. The predicted molar refractivity (Wildman–Crippen MR) is 93.4 cm³/mol. The van der Waals surface area contributed by atoms with Crippen LogP contribution in [0.3, 0.4) is 0 Å². The van der Waals surface area contributed by atoms with Gasteiger partial charge in [0.05, 0.1) is 10.2 Å². The average Bonchev–Trinajstić information content (AvgIpc) is 2.52. The van der Waals surface area contributed by atoms with E-state index in [0.717, 1.165) is 21.9 Å². The second-order valence-electron chi connectivity index (χ2n) is 3.92. The van der Waals surface area contributed by atoms with Gasteiger partial charge in [-0.05, 0) is 0 Å². The first-order valence-electron chi connectivity index (χ1n) is 6.23. The maximum atomic E-state index is 2.21. The van der Waals surface area contributed by atoms with Crippen molar-refractivity contribution in [3.05, 3.63) is 61.2 Å². The Labute approximate surface area is 137 Å². The van der Waals surface area contributed by atoms with E-state index in [9.17, 15) is 0 Å². The number of aromatic nitrogens is 2. The lowest BCUT2D eigenvalue weighted by Gasteiger charge is -1.99. The molecule has 6 heteroatoms. The van der Waals surface area contributed by atoms with E-state index < -0.39 is 0 Å². The quantitative estimate of drug-likeness (QED) is 0.297. The number of hydrogen-bond acceptors (Lipinski definition) is 4. The number of pyridine rings is 2. The fourth-order valence-corrected chi connectivity index (χ4v) is 6.36. The van der Waals surface area contributed by atoms with E-state index in [-0.39, 0.29) is 0 Å². The molecule has 0 saturated heterocycles. The van der Waals surface area contributed by atoms with Gasteiger partial charge in [-0.2, -0.15) is 9.13 Å². The Balaban J connectivity index is 1.44. The molecular weight excluding hydrogens is 324 g/mol. The van der Waals surface area contributed by atoms with E-state index in [4.69, 9.17) is 0 Å². The van der Waals surface area contributed by atoms with Crippen LogP contribution in [0.15, 0.2) is 61.2 Å². The average molecular weight is 343 g/mol. The number of thioether (sulfide) groups is 2. The lowest BCUT2D eigenvalue weighted by molar-refractivity contribution is -0.676. The summed E-state index contributed by atoms with van der Waals surface area (Å²) in [5, 5.41) is 2.26. The second-order valence-corrected chi connectivity index (χ2v) is 9.02. The highest BCUT2D eigenvalue weighted by Crippen LogP contribution is 2.28. The molecule has 0 aliphatic rings. The zero-order chi connectivity index (χ0) is 13.9. The molecule has 0 atom stereocenters. The third-order valence-corrected chi connectivity index (χ3v) is 7.84. The van der Waals surface area contributed by atoms with Gasteiger partial charge in [0.1, 0.15) is 0 Å². The number of hydrogen-bond donors (Lipinski definition) is 0. The molecule has 0 unspecified atom stereocenters. The van der Waals surface area contributed by atoms with Crippen molar-refractivity contribution >= 4 is 45.1 Å².